The van der Waals surface area contributed by atoms with Gasteiger partial charge >= 0.3 is 6.18 Å². The average molecular weight is 479 g/mol. The number of pyridine rings is 1. The number of nitrogens with one attached hydrogen (secondary N) is 1. The number of rotatable bonds is 6. The van der Waals surface area contributed by atoms with E-state index in [1.54, 1.807) is 6.07 Å². The predicted molar refractivity (Wildman–Crippen MR) is 118 cm³/mol. The predicted octanol–water partition coefficient (Wildman–Crippen LogP) is 4.33. The van der Waals surface area contributed by atoms with E-state index in [0.29, 0.717) is 55.1 Å². The number of hydrogen-bond donors (Lipinski definition) is 1. The van der Waals surface area contributed by atoms with Gasteiger partial charge < -0.3 is 19.5 Å². The normalized spacial score (nSPS) is 19.1. The maximum Gasteiger partial charge on any atom is 0.433 e. The Bertz CT molecular complexity index is 1050. The molecular formula is C24H29F3N4O3. The lowest BCUT2D eigenvalue weighted by Crippen LogP contribution is -2.35. The van der Waals surface area contributed by atoms with Crippen LogP contribution in [0.3, 0.4) is 0 Å². The summed E-state index contributed by atoms with van der Waals surface area (Å²) in [6, 6.07) is 3.53. The minimum Gasteiger partial charge on any atom is -0.373 e. The first-order chi connectivity index (χ1) is 16.2. The van der Waals surface area contributed by atoms with Crippen LogP contribution >= 0.6 is 0 Å². The molecule has 2 atom stereocenters. The maximum absolute atomic E-state index is 13.3. The SMILES string of the molecule is CCC[C@@H](NC(=O)c1cc(C(=O)N2CCC[C@@H]2C)n2c1COCC2)c1ccc(C(F)(F)F)nc1. The van der Waals surface area contributed by atoms with E-state index in [9.17, 15) is 22.8 Å². The first-order valence-electron chi connectivity index (χ1n) is 11.7. The van der Waals surface area contributed by atoms with Crippen LogP contribution in [0.2, 0.25) is 0 Å². The van der Waals surface area contributed by atoms with Crippen LogP contribution in [0, 0.1) is 0 Å². The van der Waals surface area contributed by atoms with Gasteiger partial charge in [-0.05, 0) is 43.9 Å². The van der Waals surface area contributed by atoms with E-state index < -0.39 is 17.9 Å². The third-order valence-electron chi connectivity index (χ3n) is 6.55. The highest BCUT2D eigenvalue weighted by atomic mass is 19.4. The summed E-state index contributed by atoms with van der Waals surface area (Å²) >= 11 is 0. The fourth-order valence-electron chi connectivity index (χ4n) is 4.71. The second-order valence-corrected chi connectivity index (χ2v) is 8.87. The number of amides is 2. The summed E-state index contributed by atoms with van der Waals surface area (Å²) in [7, 11) is 0. The molecule has 0 aliphatic carbocycles. The van der Waals surface area contributed by atoms with Gasteiger partial charge in [-0.15, -0.1) is 0 Å². The van der Waals surface area contributed by atoms with Gasteiger partial charge in [0.25, 0.3) is 11.8 Å². The number of alkyl halides is 3. The quantitative estimate of drug-likeness (QED) is 0.671. The van der Waals surface area contributed by atoms with E-state index in [2.05, 4.69) is 10.3 Å². The minimum absolute atomic E-state index is 0.0933. The molecule has 0 bridgehead atoms. The van der Waals surface area contributed by atoms with Gasteiger partial charge in [0, 0.05) is 25.3 Å². The smallest absolute Gasteiger partial charge is 0.373 e. The van der Waals surface area contributed by atoms with Crippen LogP contribution in [-0.4, -0.2) is 45.5 Å². The Morgan fingerprint density at radius 2 is 2.09 bits per heavy atom. The third kappa shape index (κ3) is 4.82. The number of carbonyl (C=O) groups excluding carboxylic acids is 2. The van der Waals surface area contributed by atoms with Crippen molar-refractivity contribution in [2.75, 3.05) is 13.2 Å². The number of hydrogen-bond acceptors (Lipinski definition) is 4. The number of likely N-dealkylation sites (tertiary alicyclic amines) is 1. The molecule has 0 aromatic carbocycles. The first kappa shape index (κ1) is 24.3. The lowest BCUT2D eigenvalue weighted by molar-refractivity contribution is -0.141. The largest absolute Gasteiger partial charge is 0.433 e. The zero-order valence-electron chi connectivity index (χ0n) is 19.3. The van der Waals surface area contributed by atoms with Crippen molar-refractivity contribution in [3.05, 3.63) is 52.6 Å². The molecule has 1 N–H and O–H groups in total. The van der Waals surface area contributed by atoms with Crippen LogP contribution in [-0.2, 0) is 24.1 Å². The van der Waals surface area contributed by atoms with Crippen molar-refractivity contribution in [1.82, 2.24) is 19.8 Å². The molecule has 7 nitrogen and oxygen atoms in total. The average Bonchev–Trinajstić information content (AvgIpc) is 3.42. The van der Waals surface area contributed by atoms with Crippen LogP contribution in [0.4, 0.5) is 13.2 Å². The van der Waals surface area contributed by atoms with Gasteiger partial charge in [-0.3, -0.25) is 14.6 Å². The Morgan fingerprint density at radius 1 is 1.29 bits per heavy atom. The molecule has 2 aromatic heterocycles. The number of halogens is 3. The molecule has 1 saturated heterocycles. The monoisotopic (exact) mass is 478 g/mol. The fourth-order valence-corrected chi connectivity index (χ4v) is 4.71. The fraction of sp³-hybridized carbons (Fsp3) is 0.542. The number of ether oxygens (including phenoxy) is 1. The van der Waals surface area contributed by atoms with Gasteiger partial charge in [-0.25, -0.2) is 0 Å². The van der Waals surface area contributed by atoms with Crippen LogP contribution in [0.5, 0.6) is 0 Å². The second kappa shape index (κ2) is 9.77. The summed E-state index contributed by atoms with van der Waals surface area (Å²) in [5.74, 6) is -0.481. The molecule has 34 heavy (non-hydrogen) atoms. The Kier molecular flexibility index (Phi) is 6.97. The van der Waals surface area contributed by atoms with Gasteiger partial charge in [0.05, 0.1) is 30.5 Å². The molecule has 2 amide bonds. The van der Waals surface area contributed by atoms with Crippen molar-refractivity contribution < 1.29 is 27.5 Å². The molecule has 2 aliphatic heterocycles. The van der Waals surface area contributed by atoms with Crippen LogP contribution in [0.15, 0.2) is 24.4 Å². The highest BCUT2D eigenvalue weighted by Crippen LogP contribution is 2.30. The Balaban J connectivity index is 1.60. The van der Waals surface area contributed by atoms with Gasteiger partial charge in [-0.1, -0.05) is 19.4 Å². The second-order valence-electron chi connectivity index (χ2n) is 8.87. The minimum atomic E-state index is -4.52. The summed E-state index contributed by atoms with van der Waals surface area (Å²) in [6.07, 6.45) is -0.219. The van der Waals surface area contributed by atoms with Crippen molar-refractivity contribution in [1.29, 1.82) is 0 Å². The van der Waals surface area contributed by atoms with Crippen LogP contribution in [0.1, 0.15) is 83.4 Å². The highest BCUT2D eigenvalue weighted by Gasteiger charge is 2.34. The molecule has 4 heterocycles. The maximum atomic E-state index is 13.3. The Labute approximate surface area is 196 Å². The molecule has 184 valence electrons. The summed E-state index contributed by atoms with van der Waals surface area (Å²) in [6.45, 7) is 5.79. The Morgan fingerprint density at radius 3 is 2.71 bits per heavy atom. The molecule has 0 saturated carbocycles. The van der Waals surface area contributed by atoms with Crippen molar-refractivity contribution in [3.8, 4) is 0 Å². The molecule has 0 unspecified atom stereocenters. The van der Waals surface area contributed by atoms with E-state index in [0.717, 1.165) is 25.1 Å². The number of carbonyl (C=O) groups is 2. The van der Waals surface area contributed by atoms with E-state index >= 15 is 0 Å². The number of fused-ring (bicyclic) bond motifs is 1. The lowest BCUT2D eigenvalue weighted by Gasteiger charge is -2.24. The zero-order valence-corrected chi connectivity index (χ0v) is 19.3. The highest BCUT2D eigenvalue weighted by molar-refractivity contribution is 6.01. The molecule has 2 aliphatic rings. The molecule has 2 aromatic rings. The number of aromatic nitrogens is 2. The molecule has 10 heteroatoms. The van der Waals surface area contributed by atoms with Crippen molar-refractivity contribution in [3.63, 3.8) is 0 Å². The lowest BCUT2D eigenvalue weighted by atomic mass is 10.0. The number of nitrogens with zero attached hydrogens (tertiary/aromatic N) is 3. The third-order valence-corrected chi connectivity index (χ3v) is 6.55. The van der Waals surface area contributed by atoms with Crippen molar-refractivity contribution >= 4 is 11.8 Å². The van der Waals surface area contributed by atoms with E-state index in [1.807, 2.05) is 23.3 Å². The molecule has 0 spiro atoms. The van der Waals surface area contributed by atoms with Gasteiger partial charge in [0.15, 0.2) is 0 Å². The van der Waals surface area contributed by atoms with E-state index in [-0.39, 0.29) is 24.5 Å². The molecule has 4 rings (SSSR count). The summed E-state index contributed by atoms with van der Waals surface area (Å²) < 4.78 is 46.1. The summed E-state index contributed by atoms with van der Waals surface area (Å²) in [5.41, 5.74) is 0.988. The zero-order chi connectivity index (χ0) is 24.5. The first-order valence-corrected chi connectivity index (χ1v) is 11.7. The van der Waals surface area contributed by atoms with E-state index in [4.69, 9.17) is 4.74 Å². The molecular weight excluding hydrogens is 449 g/mol. The van der Waals surface area contributed by atoms with Crippen LogP contribution < -0.4 is 5.32 Å². The van der Waals surface area contributed by atoms with Crippen LogP contribution in [0.25, 0.3) is 0 Å². The van der Waals surface area contributed by atoms with Gasteiger partial charge in [-0.2, -0.15) is 13.2 Å². The standard InChI is InChI=1S/C24H29F3N4O3/c1-3-5-18(16-7-8-21(28-13-16)24(25,26)27)29-22(32)17-12-19(31-10-11-34-14-20(17)31)23(33)30-9-4-6-15(30)2/h7-8,12-13,15,18H,3-6,9-11,14H2,1-2H3,(H,29,32)/t15-,18+/m0/s1. The Hall–Kier alpha value is -2.88. The van der Waals surface area contributed by atoms with Gasteiger partial charge in [0.1, 0.15) is 11.4 Å². The van der Waals surface area contributed by atoms with E-state index in [1.165, 1.54) is 6.07 Å². The van der Waals surface area contributed by atoms with Crippen molar-refractivity contribution in [2.45, 2.75) is 70.9 Å². The molecule has 1 fully saturated rings. The topological polar surface area (TPSA) is 76.5 Å². The van der Waals surface area contributed by atoms with Gasteiger partial charge in [0.2, 0.25) is 0 Å². The molecule has 0 radical (unpaired) electrons. The van der Waals surface area contributed by atoms with Crippen molar-refractivity contribution in [2.24, 2.45) is 0 Å². The summed E-state index contributed by atoms with van der Waals surface area (Å²) in [5, 5.41) is 2.94. The summed E-state index contributed by atoms with van der Waals surface area (Å²) in [4.78, 5) is 31.9.